The van der Waals surface area contributed by atoms with Gasteiger partial charge in [-0.15, -0.1) is 0 Å². The molecule has 9 nitrogen and oxygen atoms in total. The van der Waals surface area contributed by atoms with Gasteiger partial charge in [0.05, 0.1) is 39.8 Å². The van der Waals surface area contributed by atoms with Gasteiger partial charge in [-0.1, -0.05) is 12.1 Å². The molecule has 1 aromatic carbocycles. The highest BCUT2D eigenvalue weighted by Gasteiger charge is 2.21. The van der Waals surface area contributed by atoms with Crippen molar-refractivity contribution < 1.29 is 4.79 Å². The first-order valence-corrected chi connectivity index (χ1v) is 10.5. The summed E-state index contributed by atoms with van der Waals surface area (Å²) >= 11 is 0. The maximum Gasteiger partial charge on any atom is 0.333 e. The van der Waals surface area contributed by atoms with Gasteiger partial charge in [0.1, 0.15) is 5.69 Å². The predicted octanol–water partition coefficient (Wildman–Crippen LogP) is 2.65. The molecule has 0 aliphatic carbocycles. The van der Waals surface area contributed by atoms with Crippen molar-refractivity contribution >= 4 is 27.8 Å². The average Bonchev–Trinajstić information content (AvgIpc) is 3.23. The minimum absolute atomic E-state index is 0.152. The third kappa shape index (κ3) is 3.04. The van der Waals surface area contributed by atoms with Gasteiger partial charge in [-0.3, -0.25) is 28.6 Å². The van der Waals surface area contributed by atoms with E-state index in [1.165, 1.54) is 0 Å². The highest BCUT2D eigenvalue weighted by Crippen LogP contribution is 2.31. The Hall–Kier alpha value is -4.27. The molecule has 33 heavy (non-hydrogen) atoms. The third-order valence-corrected chi connectivity index (χ3v) is 6.13. The lowest BCUT2D eigenvalue weighted by Gasteiger charge is -2.09. The van der Waals surface area contributed by atoms with Gasteiger partial charge >= 0.3 is 5.69 Å². The smallest absolute Gasteiger partial charge is 0.333 e. The van der Waals surface area contributed by atoms with Gasteiger partial charge in [0.2, 0.25) is 0 Å². The number of carbonyl (C=O) groups excluding carboxylic acids is 1. The Morgan fingerprint density at radius 1 is 1.00 bits per heavy atom. The van der Waals surface area contributed by atoms with Crippen molar-refractivity contribution in [2.45, 2.75) is 13.8 Å². The summed E-state index contributed by atoms with van der Waals surface area (Å²) in [5, 5.41) is 7.93. The number of nitrogens with zero attached hydrogens (tertiary/aromatic N) is 6. The minimum atomic E-state index is -0.235. The highest BCUT2D eigenvalue weighted by molar-refractivity contribution is 6.04. The van der Waals surface area contributed by atoms with Crippen molar-refractivity contribution in [2.24, 2.45) is 14.1 Å². The largest absolute Gasteiger partial charge is 0.354 e. The number of hydrogen-bond acceptors (Lipinski definition) is 5. The van der Waals surface area contributed by atoms with Gasteiger partial charge < -0.3 is 5.32 Å². The van der Waals surface area contributed by atoms with Crippen molar-refractivity contribution in [3.05, 3.63) is 70.3 Å². The van der Waals surface area contributed by atoms with Crippen LogP contribution in [0.2, 0.25) is 0 Å². The first-order valence-electron chi connectivity index (χ1n) is 10.5. The quantitative estimate of drug-likeness (QED) is 0.464. The first kappa shape index (κ1) is 20.6. The molecule has 0 radical (unpaired) electrons. The van der Waals surface area contributed by atoms with E-state index in [0.29, 0.717) is 5.69 Å². The number of pyridine rings is 2. The van der Waals surface area contributed by atoms with Crippen LogP contribution in [0.5, 0.6) is 0 Å². The number of aryl methyl sites for hydroxylation is 3. The molecule has 166 valence electrons. The van der Waals surface area contributed by atoms with E-state index in [0.717, 1.165) is 50.1 Å². The van der Waals surface area contributed by atoms with Crippen LogP contribution in [0.15, 0.2) is 47.5 Å². The van der Waals surface area contributed by atoms with Crippen molar-refractivity contribution in [2.75, 3.05) is 7.05 Å². The lowest BCUT2D eigenvalue weighted by Crippen LogP contribution is -2.21. The summed E-state index contributed by atoms with van der Waals surface area (Å²) in [4.78, 5) is 34.0. The number of fused-ring (bicyclic) bond motifs is 3. The zero-order valence-electron chi connectivity index (χ0n) is 19.0. The first-order chi connectivity index (χ1) is 15.8. The molecule has 5 aromatic rings. The van der Waals surface area contributed by atoms with Crippen LogP contribution in [0.25, 0.3) is 38.8 Å². The Kier molecular flexibility index (Phi) is 4.63. The fraction of sp³-hybridized carbons (Fsp3) is 0.208. The van der Waals surface area contributed by atoms with Gasteiger partial charge in [0.25, 0.3) is 5.91 Å². The Bertz CT molecular complexity index is 1620. The van der Waals surface area contributed by atoms with Gasteiger partial charge in [-0.05, 0) is 37.6 Å². The SMILES string of the molecule is CNC(=O)c1ccc(-c2ccc3ncc4c(c3c2)n(-c2c(C)nn(C)c2C)c(=O)n4C)cn1. The second-order valence-corrected chi connectivity index (χ2v) is 8.06. The van der Waals surface area contributed by atoms with E-state index in [9.17, 15) is 9.59 Å². The molecule has 0 aliphatic heterocycles. The standard InChI is InChI=1S/C24H23N7O2/c1-13-21(14(2)30(5)28-13)31-22-17-10-15(16-7-9-19(26-11-16)23(32)25-3)6-8-18(17)27-12-20(22)29(4)24(31)33/h6-12H,1-5H3,(H,25,32). The van der Waals surface area contributed by atoms with E-state index in [4.69, 9.17) is 0 Å². The number of hydrogen-bond donors (Lipinski definition) is 1. The van der Waals surface area contributed by atoms with Gasteiger partial charge in [-0.2, -0.15) is 5.10 Å². The summed E-state index contributed by atoms with van der Waals surface area (Å²) in [6.07, 6.45) is 3.41. The number of amides is 1. The summed E-state index contributed by atoms with van der Waals surface area (Å²) in [6, 6.07) is 9.46. The lowest BCUT2D eigenvalue weighted by molar-refractivity contribution is 0.0958. The monoisotopic (exact) mass is 441 g/mol. The van der Waals surface area contributed by atoms with E-state index in [-0.39, 0.29) is 11.6 Å². The Morgan fingerprint density at radius 3 is 2.39 bits per heavy atom. The van der Waals surface area contributed by atoms with Crippen LogP contribution in [0.3, 0.4) is 0 Å². The number of nitrogens with one attached hydrogen (secondary N) is 1. The molecule has 0 saturated heterocycles. The Labute approximate surface area is 189 Å². The summed E-state index contributed by atoms with van der Waals surface area (Å²) in [6.45, 7) is 3.86. The van der Waals surface area contributed by atoms with Crippen molar-refractivity contribution in [3.8, 4) is 16.8 Å². The maximum atomic E-state index is 13.3. The van der Waals surface area contributed by atoms with Crippen LogP contribution in [-0.2, 0) is 14.1 Å². The predicted molar refractivity (Wildman–Crippen MR) is 127 cm³/mol. The summed E-state index contributed by atoms with van der Waals surface area (Å²) in [7, 11) is 5.20. The molecule has 5 rings (SSSR count). The highest BCUT2D eigenvalue weighted by atomic mass is 16.2. The summed E-state index contributed by atoms with van der Waals surface area (Å²) in [5.74, 6) is -0.235. The second-order valence-electron chi connectivity index (χ2n) is 8.06. The third-order valence-electron chi connectivity index (χ3n) is 6.13. The van der Waals surface area contributed by atoms with Crippen LogP contribution < -0.4 is 11.0 Å². The Balaban J connectivity index is 1.80. The molecule has 1 amide bonds. The van der Waals surface area contributed by atoms with Gasteiger partial charge in [0.15, 0.2) is 0 Å². The fourth-order valence-electron chi connectivity index (χ4n) is 4.30. The second kappa shape index (κ2) is 7.40. The van der Waals surface area contributed by atoms with Crippen molar-refractivity contribution in [3.63, 3.8) is 0 Å². The fourth-order valence-corrected chi connectivity index (χ4v) is 4.30. The molecular weight excluding hydrogens is 418 g/mol. The molecule has 9 heteroatoms. The molecule has 0 fully saturated rings. The molecule has 0 spiro atoms. The number of carbonyl (C=O) groups is 1. The lowest BCUT2D eigenvalue weighted by atomic mass is 10.0. The van der Waals surface area contributed by atoms with Crippen molar-refractivity contribution in [1.82, 2.24) is 34.2 Å². The molecule has 0 unspecified atom stereocenters. The normalized spacial score (nSPS) is 11.4. The zero-order chi connectivity index (χ0) is 23.4. The summed E-state index contributed by atoms with van der Waals surface area (Å²) in [5.41, 5.74) is 6.73. The van der Waals surface area contributed by atoms with E-state index in [1.807, 2.05) is 45.2 Å². The number of aromatic nitrogens is 6. The molecule has 0 bridgehead atoms. The molecule has 0 saturated carbocycles. The van der Waals surface area contributed by atoms with Crippen LogP contribution >= 0.6 is 0 Å². The molecule has 1 N–H and O–H groups in total. The van der Waals surface area contributed by atoms with Gasteiger partial charge in [-0.25, -0.2) is 4.79 Å². The van der Waals surface area contributed by atoms with Crippen LogP contribution in [0.1, 0.15) is 21.9 Å². The minimum Gasteiger partial charge on any atom is -0.354 e. The maximum absolute atomic E-state index is 13.3. The van der Waals surface area contributed by atoms with E-state index >= 15 is 0 Å². The average molecular weight is 441 g/mol. The molecule has 0 atom stereocenters. The number of rotatable bonds is 3. The topological polar surface area (TPSA) is 99.6 Å². The van der Waals surface area contributed by atoms with E-state index in [2.05, 4.69) is 20.4 Å². The van der Waals surface area contributed by atoms with E-state index < -0.39 is 0 Å². The van der Waals surface area contributed by atoms with Crippen LogP contribution in [0.4, 0.5) is 0 Å². The number of imidazole rings is 1. The molecular formula is C24H23N7O2. The summed E-state index contributed by atoms with van der Waals surface area (Å²) < 4.78 is 5.12. The van der Waals surface area contributed by atoms with E-state index in [1.54, 1.807) is 46.4 Å². The van der Waals surface area contributed by atoms with Crippen LogP contribution in [0, 0.1) is 13.8 Å². The Morgan fingerprint density at radius 2 is 1.76 bits per heavy atom. The molecule has 4 aromatic heterocycles. The number of benzene rings is 1. The molecule has 0 aliphatic rings. The zero-order valence-corrected chi connectivity index (χ0v) is 19.0. The van der Waals surface area contributed by atoms with Crippen LogP contribution in [-0.4, -0.2) is 41.8 Å². The molecule has 4 heterocycles. The van der Waals surface area contributed by atoms with Crippen molar-refractivity contribution in [1.29, 1.82) is 0 Å². The van der Waals surface area contributed by atoms with Gasteiger partial charge in [0, 0.05) is 38.3 Å².